The third-order valence-corrected chi connectivity index (χ3v) is 4.04. The zero-order valence-corrected chi connectivity index (χ0v) is 11.8. The normalized spacial score (nSPS) is 12.7. The van der Waals surface area contributed by atoms with Gasteiger partial charge in [-0.2, -0.15) is 0 Å². The number of likely N-dealkylation sites (N-methyl/N-ethyl adjacent to an activating group) is 1. The van der Waals surface area contributed by atoms with E-state index >= 15 is 0 Å². The number of halogens is 2. The Bertz CT molecular complexity index is 542. The number of aryl methyl sites for hydroxylation is 1. The van der Waals surface area contributed by atoms with Crippen molar-refractivity contribution in [3.05, 3.63) is 50.7 Å². The molecular formula is C13H14ClFN2S. The fourth-order valence-electron chi connectivity index (χ4n) is 1.79. The highest BCUT2D eigenvalue weighted by molar-refractivity contribution is 7.09. The zero-order chi connectivity index (χ0) is 13.1. The maximum atomic E-state index is 13.4. The molecule has 1 aromatic heterocycles. The molecule has 1 atom stereocenters. The Balaban J connectivity index is 2.19. The molecule has 0 bridgehead atoms. The highest BCUT2D eigenvalue weighted by atomic mass is 35.5. The molecular weight excluding hydrogens is 271 g/mol. The van der Waals surface area contributed by atoms with Gasteiger partial charge >= 0.3 is 0 Å². The number of benzene rings is 1. The molecule has 0 aliphatic rings. The van der Waals surface area contributed by atoms with Gasteiger partial charge in [-0.15, -0.1) is 11.3 Å². The molecule has 2 rings (SSSR count). The Morgan fingerprint density at radius 3 is 2.83 bits per heavy atom. The van der Waals surface area contributed by atoms with Gasteiger partial charge < -0.3 is 5.32 Å². The summed E-state index contributed by atoms with van der Waals surface area (Å²) in [6, 6.07) is 4.95. The van der Waals surface area contributed by atoms with Crippen molar-refractivity contribution in [2.24, 2.45) is 0 Å². The Kier molecular flexibility index (Phi) is 4.32. The first-order valence-electron chi connectivity index (χ1n) is 5.63. The minimum absolute atomic E-state index is 0.0438. The Morgan fingerprint density at radius 2 is 2.28 bits per heavy atom. The highest BCUT2D eigenvalue weighted by Crippen LogP contribution is 2.24. The van der Waals surface area contributed by atoms with E-state index in [2.05, 4.69) is 10.3 Å². The van der Waals surface area contributed by atoms with Gasteiger partial charge in [0, 0.05) is 23.5 Å². The maximum absolute atomic E-state index is 13.4. The van der Waals surface area contributed by atoms with Gasteiger partial charge in [-0.05, 0) is 31.7 Å². The van der Waals surface area contributed by atoms with E-state index in [1.54, 1.807) is 17.4 Å². The third-order valence-electron chi connectivity index (χ3n) is 2.74. The number of hydrogen-bond acceptors (Lipinski definition) is 3. The van der Waals surface area contributed by atoms with Crippen molar-refractivity contribution in [2.45, 2.75) is 19.4 Å². The van der Waals surface area contributed by atoms with Crippen molar-refractivity contribution in [2.75, 3.05) is 7.05 Å². The summed E-state index contributed by atoms with van der Waals surface area (Å²) in [6.07, 6.45) is 0.746. The van der Waals surface area contributed by atoms with Gasteiger partial charge in [0.05, 0.1) is 10.0 Å². The average Bonchev–Trinajstić information content (AvgIpc) is 2.75. The summed E-state index contributed by atoms with van der Waals surface area (Å²) >= 11 is 7.31. The van der Waals surface area contributed by atoms with E-state index in [0.29, 0.717) is 0 Å². The van der Waals surface area contributed by atoms with Crippen LogP contribution >= 0.6 is 22.9 Å². The van der Waals surface area contributed by atoms with Crippen LogP contribution in [0.25, 0.3) is 0 Å². The molecule has 1 N–H and O–H groups in total. The lowest BCUT2D eigenvalue weighted by Crippen LogP contribution is -2.19. The van der Waals surface area contributed by atoms with E-state index in [0.717, 1.165) is 22.7 Å². The van der Waals surface area contributed by atoms with E-state index in [-0.39, 0.29) is 16.9 Å². The first-order chi connectivity index (χ1) is 8.60. The Labute approximate surface area is 115 Å². The summed E-state index contributed by atoms with van der Waals surface area (Å²) in [5.74, 6) is -0.385. The molecule has 1 unspecified atom stereocenters. The molecule has 2 nitrogen and oxygen atoms in total. The van der Waals surface area contributed by atoms with Crippen LogP contribution < -0.4 is 5.32 Å². The van der Waals surface area contributed by atoms with Crippen LogP contribution in [0.3, 0.4) is 0 Å². The number of nitrogens with one attached hydrogen (secondary N) is 1. The van der Waals surface area contributed by atoms with Gasteiger partial charge in [0.1, 0.15) is 5.82 Å². The Morgan fingerprint density at radius 1 is 1.50 bits per heavy atom. The molecule has 18 heavy (non-hydrogen) atoms. The second-order valence-corrected chi connectivity index (χ2v) is 5.45. The zero-order valence-electron chi connectivity index (χ0n) is 10.2. The SMILES string of the molecule is CNC(Cc1nc(C)cs1)c1ccc(Cl)c(F)c1. The number of hydrogen-bond donors (Lipinski definition) is 1. The minimum Gasteiger partial charge on any atom is -0.313 e. The largest absolute Gasteiger partial charge is 0.313 e. The van der Waals surface area contributed by atoms with Gasteiger partial charge in [0.15, 0.2) is 0 Å². The summed E-state index contributed by atoms with van der Waals surface area (Å²) in [5.41, 5.74) is 1.90. The maximum Gasteiger partial charge on any atom is 0.142 e. The lowest BCUT2D eigenvalue weighted by molar-refractivity contribution is 0.576. The topological polar surface area (TPSA) is 24.9 Å². The smallest absolute Gasteiger partial charge is 0.142 e. The third kappa shape index (κ3) is 3.07. The van der Waals surface area contributed by atoms with Crippen molar-refractivity contribution in [3.63, 3.8) is 0 Å². The number of nitrogens with zero attached hydrogens (tertiary/aromatic N) is 1. The second-order valence-electron chi connectivity index (χ2n) is 4.10. The molecule has 96 valence electrons. The lowest BCUT2D eigenvalue weighted by Gasteiger charge is -2.15. The molecule has 0 aliphatic carbocycles. The van der Waals surface area contributed by atoms with E-state index < -0.39 is 0 Å². The summed E-state index contributed by atoms with van der Waals surface area (Å²) in [6.45, 7) is 1.97. The van der Waals surface area contributed by atoms with Crippen molar-refractivity contribution >= 4 is 22.9 Å². The summed E-state index contributed by atoms with van der Waals surface area (Å²) < 4.78 is 13.4. The summed E-state index contributed by atoms with van der Waals surface area (Å²) in [5, 5.41) is 6.39. The molecule has 0 radical (unpaired) electrons. The predicted molar refractivity (Wildman–Crippen MR) is 73.8 cm³/mol. The number of thiazole rings is 1. The van der Waals surface area contributed by atoms with E-state index in [1.165, 1.54) is 6.07 Å². The summed E-state index contributed by atoms with van der Waals surface area (Å²) in [7, 11) is 1.86. The monoisotopic (exact) mass is 284 g/mol. The van der Waals surface area contributed by atoms with Crippen LogP contribution in [-0.2, 0) is 6.42 Å². The molecule has 0 amide bonds. The lowest BCUT2D eigenvalue weighted by atomic mass is 10.0. The van der Waals surface area contributed by atoms with E-state index in [1.807, 2.05) is 25.4 Å². The van der Waals surface area contributed by atoms with Crippen LogP contribution in [0, 0.1) is 12.7 Å². The molecule has 0 saturated carbocycles. The first kappa shape index (κ1) is 13.5. The Hall–Kier alpha value is -0.970. The molecule has 1 aromatic carbocycles. The fourth-order valence-corrected chi connectivity index (χ4v) is 2.72. The number of rotatable bonds is 4. The molecule has 1 heterocycles. The highest BCUT2D eigenvalue weighted by Gasteiger charge is 2.14. The van der Waals surface area contributed by atoms with Crippen LogP contribution in [0.2, 0.25) is 5.02 Å². The fraction of sp³-hybridized carbons (Fsp3) is 0.308. The van der Waals surface area contributed by atoms with Crippen molar-refractivity contribution in [1.29, 1.82) is 0 Å². The van der Waals surface area contributed by atoms with Crippen LogP contribution in [0.1, 0.15) is 22.3 Å². The van der Waals surface area contributed by atoms with Crippen LogP contribution in [0.4, 0.5) is 4.39 Å². The molecule has 2 aromatic rings. The average molecular weight is 285 g/mol. The predicted octanol–water partition coefficient (Wildman–Crippen LogP) is 3.75. The molecule has 0 aliphatic heterocycles. The number of aromatic nitrogens is 1. The standard InChI is InChI=1S/C13H14ClFN2S/c1-8-7-18-13(17-8)6-12(16-2)9-3-4-10(14)11(15)5-9/h3-5,7,12,16H,6H2,1-2H3. The van der Waals surface area contributed by atoms with Gasteiger partial charge in [0.2, 0.25) is 0 Å². The van der Waals surface area contributed by atoms with Crippen molar-refractivity contribution < 1.29 is 4.39 Å². The minimum atomic E-state index is -0.385. The van der Waals surface area contributed by atoms with E-state index in [9.17, 15) is 4.39 Å². The van der Waals surface area contributed by atoms with Crippen LogP contribution in [0.15, 0.2) is 23.6 Å². The van der Waals surface area contributed by atoms with Crippen LogP contribution in [-0.4, -0.2) is 12.0 Å². The van der Waals surface area contributed by atoms with Crippen molar-refractivity contribution in [1.82, 2.24) is 10.3 Å². The van der Waals surface area contributed by atoms with Crippen LogP contribution in [0.5, 0.6) is 0 Å². The second kappa shape index (κ2) is 5.78. The molecule has 5 heteroatoms. The molecule has 0 spiro atoms. The molecule has 0 fully saturated rings. The van der Waals surface area contributed by atoms with Gasteiger partial charge in [0.25, 0.3) is 0 Å². The van der Waals surface area contributed by atoms with Gasteiger partial charge in [-0.25, -0.2) is 9.37 Å². The molecule has 0 saturated heterocycles. The van der Waals surface area contributed by atoms with Gasteiger partial charge in [-0.1, -0.05) is 17.7 Å². The summed E-state index contributed by atoms with van der Waals surface area (Å²) in [4.78, 5) is 4.42. The quantitative estimate of drug-likeness (QED) is 0.925. The first-order valence-corrected chi connectivity index (χ1v) is 6.89. The van der Waals surface area contributed by atoms with E-state index in [4.69, 9.17) is 11.6 Å². The van der Waals surface area contributed by atoms with Crippen molar-refractivity contribution in [3.8, 4) is 0 Å². The van der Waals surface area contributed by atoms with Gasteiger partial charge in [-0.3, -0.25) is 0 Å².